The zero-order chi connectivity index (χ0) is 18.7. The van der Waals surface area contributed by atoms with Gasteiger partial charge in [-0.1, -0.05) is 37.2 Å². The molecule has 0 N–H and O–H groups in total. The predicted octanol–water partition coefficient (Wildman–Crippen LogP) is 3.64. The SMILES string of the molecule is COC(=O)CCCc1nc(CN2c3ccccc3C(C)(C)C[C@@H]2C)no1. The van der Waals surface area contributed by atoms with Crippen LogP contribution in [0, 0.1) is 0 Å². The molecule has 1 aliphatic heterocycles. The minimum absolute atomic E-state index is 0.156. The van der Waals surface area contributed by atoms with Gasteiger partial charge in [0.1, 0.15) is 0 Å². The van der Waals surface area contributed by atoms with E-state index in [2.05, 4.69) is 64.8 Å². The molecule has 0 spiro atoms. The van der Waals surface area contributed by atoms with Crippen LogP contribution in [0.1, 0.15) is 57.3 Å². The first-order valence-corrected chi connectivity index (χ1v) is 9.15. The third-order valence-electron chi connectivity index (χ3n) is 5.10. The summed E-state index contributed by atoms with van der Waals surface area (Å²) in [6.45, 7) is 7.46. The summed E-state index contributed by atoms with van der Waals surface area (Å²) in [6.07, 6.45) is 2.67. The molecular weight excluding hydrogens is 330 g/mol. The highest BCUT2D eigenvalue weighted by Crippen LogP contribution is 2.42. The van der Waals surface area contributed by atoms with Crippen LogP contribution < -0.4 is 4.90 Å². The highest BCUT2D eigenvalue weighted by atomic mass is 16.5. The van der Waals surface area contributed by atoms with Gasteiger partial charge in [-0.05, 0) is 36.8 Å². The molecule has 6 heteroatoms. The number of ether oxygens (including phenoxy) is 1. The first kappa shape index (κ1) is 18.4. The first-order chi connectivity index (χ1) is 12.4. The van der Waals surface area contributed by atoms with Crippen LogP contribution in [0.5, 0.6) is 0 Å². The quantitative estimate of drug-likeness (QED) is 0.735. The molecule has 2 heterocycles. The monoisotopic (exact) mass is 357 g/mol. The van der Waals surface area contributed by atoms with Crippen molar-refractivity contribution < 1.29 is 14.1 Å². The van der Waals surface area contributed by atoms with E-state index < -0.39 is 0 Å². The summed E-state index contributed by atoms with van der Waals surface area (Å²) in [4.78, 5) is 18.0. The van der Waals surface area contributed by atoms with E-state index in [4.69, 9.17) is 4.52 Å². The van der Waals surface area contributed by atoms with E-state index in [-0.39, 0.29) is 11.4 Å². The van der Waals surface area contributed by atoms with Gasteiger partial charge in [-0.25, -0.2) is 0 Å². The van der Waals surface area contributed by atoms with E-state index in [1.165, 1.54) is 18.4 Å². The zero-order valence-electron chi connectivity index (χ0n) is 16.0. The van der Waals surface area contributed by atoms with Crippen LogP contribution in [0.2, 0.25) is 0 Å². The van der Waals surface area contributed by atoms with Gasteiger partial charge in [0.2, 0.25) is 5.89 Å². The number of fused-ring (bicyclic) bond motifs is 1. The van der Waals surface area contributed by atoms with Gasteiger partial charge in [0.05, 0.1) is 13.7 Å². The molecule has 0 amide bonds. The van der Waals surface area contributed by atoms with Crippen molar-refractivity contribution in [1.29, 1.82) is 0 Å². The summed E-state index contributed by atoms with van der Waals surface area (Å²) in [7, 11) is 1.39. The van der Waals surface area contributed by atoms with Crippen molar-refractivity contribution >= 4 is 11.7 Å². The Balaban J connectivity index is 1.70. The van der Waals surface area contributed by atoms with Crippen LogP contribution in [-0.2, 0) is 27.9 Å². The molecule has 0 unspecified atom stereocenters. The highest BCUT2D eigenvalue weighted by Gasteiger charge is 2.35. The molecule has 6 nitrogen and oxygen atoms in total. The lowest BCUT2D eigenvalue weighted by molar-refractivity contribution is -0.140. The second-order valence-electron chi connectivity index (χ2n) is 7.62. The van der Waals surface area contributed by atoms with Crippen LogP contribution in [0.4, 0.5) is 5.69 Å². The van der Waals surface area contributed by atoms with Gasteiger partial charge in [-0.3, -0.25) is 4.79 Å². The standard InChI is InChI=1S/C20H27N3O3/c1-14-12-20(2,3)15-8-5-6-9-16(15)23(14)13-17-21-18(26-22-17)10-7-11-19(24)25-4/h5-6,8-9,14H,7,10-13H2,1-4H3/t14-/m0/s1. The Morgan fingerprint density at radius 1 is 1.38 bits per heavy atom. The number of esters is 1. The molecule has 1 aromatic carbocycles. The van der Waals surface area contributed by atoms with Crippen molar-refractivity contribution in [3.63, 3.8) is 0 Å². The number of rotatable bonds is 6. The van der Waals surface area contributed by atoms with E-state index >= 15 is 0 Å². The maximum atomic E-state index is 11.2. The molecule has 0 saturated carbocycles. The Labute approximate surface area is 154 Å². The normalized spacial score (nSPS) is 18.5. The molecule has 1 atom stereocenters. The molecule has 0 radical (unpaired) electrons. The first-order valence-electron chi connectivity index (χ1n) is 9.15. The number of anilines is 1. The number of aromatic nitrogens is 2. The van der Waals surface area contributed by atoms with Crippen molar-refractivity contribution in [3.05, 3.63) is 41.5 Å². The number of carbonyl (C=O) groups excluding carboxylic acids is 1. The van der Waals surface area contributed by atoms with Gasteiger partial charge in [-0.2, -0.15) is 4.98 Å². The van der Waals surface area contributed by atoms with E-state index in [9.17, 15) is 4.79 Å². The number of methoxy groups -OCH3 is 1. The number of hydrogen-bond acceptors (Lipinski definition) is 6. The number of hydrogen-bond donors (Lipinski definition) is 0. The Bertz CT molecular complexity index is 769. The smallest absolute Gasteiger partial charge is 0.305 e. The number of carbonyl (C=O) groups is 1. The molecule has 0 saturated heterocycles. The maximum absolute atomic E-state index is 11.2. The van der Waals surface area contributed by atoms with Crippen molar-refractivity contribution in [3.8, 4) is 0 Å². The summed E-state index contributed by atoms with van der Waals surface area (Å²) in [6, 6.07) is 8.95. The molecule has 0 fully saturated rings. The van der Waals surface area contributed by atoms with Gasteiger partial charge in [0.15, 0.2) is 5.82 Å². The second kappa shape index (κ2) is 7.48. The number of benzene rings is 1. The molecular formula is C20H27N3O3. The van der Waals surface area contributed by atoms with E-state index in [1.54, 1.807) is 0 Å². The molecule has 0 bridgehead atoms. The van der Waals surface area contributed by atoms with E-state index in [0.717, 1.165) is 6.42 Å². The second-order valence-corrected chi connectivity index (χ2v) is 7.62. The van der Waals surface area contributed by atoms with Crippen molar-refractivity contribution in [2.45, 2.75) is 64.5 Å². The van der Waals surface area contributed by atoms with Gasteiger partial charge in [-0.15, -0.1) is 0 Å². The van der Waals surface area contributed by atoms with Gasteiger partial charge in [0.25, 0.3) is 0 Å². The fourth-order valence-electron chi connectivity index (χ4n) is 3.83. The Hall–Kier alpha value is -2.37. The highest BCUT2D eigenvalue weighted by molar-refractivity contribution is 5.69. The van der Waals surface area contributed by atoms with Crippen LogP contribution in [0.25, 0.3) is 0 Å². The van der Waals surface area contributed by atoms with Gasteiger partial charge < -0.3 is 14.2 Å². The maximum Gasteiger partial charge on any atom is 0.305 e. The van der Waals surface area contributed by atoms with Crippen molar-refractivity contribution in [1.82, 2.24) is 10.1 Å². The van der Waals surface area contributed by atoms with Crippen LogP contribution in [0.15, 0.2) is 28.8 Å². The topological polar surface area (TPSA) is 68.5 Å². The van der Waals surface area contributed by atoms with Gasteiger partial charge in [0, 0.05) is 24.6 Å². The molecule has 2 aromatic rings. The molecule has 140 valence electrons. The lowest BCUT2D eigenvalue weighted by Crippen LogP contribution is -2.43. The molecule has 3 rings (SSSR count). The molecule has 1 aromatic heterocycles. The van der Waals surface area contributed by atoms with Crippen LogP contribution in [0.3, 0.4) is 0 Å². The minimum atomic E-state index is -0.217. The average molecular weight is 357 g/mol. The third kappa shape index (κ3) is 3.89. The number of para-hydroxylation sites is 1. The fourth-order valence-corrected chi connectivity index (χ4v) is 3.83. The predicted molar refractivity (Wildman–Crippen MR) is 99.0 cm³/mol. The largest absolute Gasteiger partial charge is 0.469 e. The lowest BCUT2D eigenvalue weighted by Gasteiger charge is -2.44. The minimum Gasteiger partial charge on any atom is -0.469 e. The summed E-state index contributed by atoms with van der Waals surface area (Å²) in [5.74, 6) is 1.03. The van der Waals surface area contributed by atoms with E-state index in [1.807, 2.05) is 0 Å². The fraction of sp³-hybridized carbons (Fsp3) is 0.550. The summed E-state index contributed by atoms with van der Waals surface area (Å²) >= 11 is 0. The average Bonchev–Trinajstić information content (AvgIpc) is 3.05. The molecule has 26 heavy (non-hydrogen) atoms. The summed E-state index contributed by atoms with van der Waals surface area (Å²) < 4.78 is 9.99. The van der Waals surface area contributed by atoms with Crippen molar-refractivity contribution in [2.24, 2.45) is 0 Å². The summed E-state index contributed by atoms with van der Waals surface area (Å²) in [5.41, 5.74) is 2.76. The van der Waals surface area contributed by atoms with Crippen LogP contribution in [-0.4, -0.2) is 29.3 Å². The Kier molecular flexibility index (Phi) is 5.30. The number of aryl methyl sites for hydroxylation is 1. The number of nitrogens with zero attached hydrogens (tertiary/aromatic N) is 3. The third-order valence-corrected chi connectivity index (χ3v) is 5.10. The summed E-state index contributed by atoms with van der Waals surface area (Å²) in [5, 5.41) is 4.13. The molecule has 1 aliphatic rings. The zero-order valence-corrected chi connectivity index (χ0v) is 16.0. The molecule has 0 aliphatic carbocycles. The van der Waals surface area contributed by atoms with Crippen molar-refractivity contribution in [2.75, 3.05) is 12.0 Å². The van der Waals surface area contributed by atoms with Gasteiger partial charge >= 0.3 is 5.97 Å². The van der Waals surface area contributed by atoms with Crippen LogP contribution >= 0.6 is 0 Å². The Morgan fingerprint density at radius 2 is 2.15 bits per heavy atom. The Morgan fingerprint density at radius 3 is 2.92 bits per heavy atom. The lowest BCUT2D eigenvalue weighted by atomic mass is 9.75. The van der Waals surface area contributed by atoms with E-state index in [0.29, 0.717) is 43.6 Å².